The fourth-order valence-electron chi connectivity index (χ4n) is 1.47. The van der Waals surface area contributed by atoms with E-state index in [2.05, 4.69) is 16.2 Å². The quantitative estimate of drug-likeness (QED) is 0.573. The molecule has 0 radical (unpaired) electrons. The number of carbonyl (C=O) groups excluding carboxylic acids is 1. The van der Waals surface area contributed by atoms with Crippen LogP contribution in [0.2, 0.25) is 0 Å². The third-order valence-corrected chi connectivity index (χ3v) is 2.58. The van der Waals surface area contributed by atoms with Crippen LogP contribution in [-0.4, -0.2) is 31.3 Å². The molecule has 110 valence electrons. The number of hydrazine groups is 1. The van der Waals surface area contributed by atoms with Crippen LogP contribution in [-0.2, 0) is 0 Å². The van der Waals surface area contributed by atoms with Gasteiger partial charge in [-0.3, -0.25) is 15.6 Å². The van der Waals surface area contributed by atoms with Crippen LogP contribution in [0, 0.1) is 0 Å². The standard InChI is InChI=1S/C13H19N3O3S/c1-8(2)14-13(20)16-15-12(17)10-6-5-9(18-3)7-11(10)19-4/h5-8H,1-4H3,(H,15,17)(H2,14,16,20). The minimum atomic E-state index is -0.350. The van der Waals surface area contributed by atoms with Crippen molar-refractivity contribution in [2.45, 2.75) is 19.9 Å². The number of carbonyl (C=O) groups is 1. The summed E-state index contributed by atoms with van der Waals surface area (Å²) in [4.78, 5) is 12.0. The summed E-state index contributed by atoms with van der Waals surface area (Å²) < 4.78 is 10.2. The van der Waals surface area contributed by atoms with Crippen LogP contribution in [0.15, 0.2) is 18.2 Å². The molecule has 1 aromatic rings. The molecule has 0 atom stereocenters. The molecule has 0 saturated heterocycles. The predicted octanol–water partition coefficient (Wildman–Crippen LogP) is 1.22. The molecule has 0 aliphatic heterocycles. The lowest BCUT2D eigenvalue weighted by Gasteiger charge is -2.15. The summed E-state index contributed by atoms with van der Waals surface area (Å²) in [5.74, 6) is 0.687. The number of methoxy groups -OCH3 is 2. The van der Waals surface area contributed by atoms with Gasteiger partial charge in [0, 0.05) is 12.1 Å². The third-order valence-electron chi connectivity index (χ3n) is 2.36. The summed E-state index contributed by atoms with van der Waals surface area (Å²) in [5.41, 5.74) is 5.51. The average Bonchev–Trinajstić information content (AvgIpc) is 2.43. The smallest absolute Gasteiger partial charge is 0.273 e. The highest BCUT2D eigenvalue weighted by Gasteiger charge is 2.13. The summed E-state index contributed by atoms with van der Waals surface area (Å²) in [6.45, 7) is 3.89. The topological polar surface area (TPSA) is 71.6 Å². The van der Waals surface area contributed by atoms with E-state index >= 15 is 0 Å². The Morgan fingerprint density at radius 1 is 1.20 bits per heavy atom. The Hall–Kier alpha value is -2.02. The minimum Gasteiger partial charge on any atom is -0.497 e. The van der Waals surface area contributed by atoms with Crippen LogP contribution in [0.5, 0.6) is 11.5 Å². The highest BCUT2D eigenvalue weighted by atomic mass is 32.1. The molecule has 3 N–H and O–H groups in total. The highest BCUT2D eigenvalue weighted by Crippen LogP contribution is 2.24. The summed E-state index contributed by atoms with van der Waals surface area (Å²) in [6, 6.07) is 5.12. The zero-order chi connectivity index (χ0) is 15.1. The van der Waals surface area contributed by atoms with Gasteiger partial charge in [0.2, 0.25) is 0 Å². The lowest BCUT2D eigenvalue weighted by Crippen LogP contribution is -2.48. The normalized spacial score (nSPS) is 9.85. The van der Waals surface area contributed by atoms with Gasteiger partial charge in [-0.25, -0.2) is 0 Å². The van der Waals surface area contributed by atoms with Gasteiger partial charge < -0.3 is 14.8 Å². The lowest BCUT2D eigenvalue weighted by atomic mass is 10.2. The largest absolute Gasteiger partial charge is 0.497 e. The van der Waals surface area contributed by atoms with Gasteiger partial charge in [0.15, 0.2) is 5.11 Å². The highest BCUT2D eigenvalue weighted by molar-refractivity contribution is 7.80. The Bertz CT molecular complexity index is 492. The second kappa shape index (κ2) is 7.54. The van der Waals surface area contributed by atoms with E-state index < -0.39 is 0 Å². The molecule has 0 bridgehead atoms. The zero-order valence-corrected chi connectivity index (χ0v) is 12.8. The number of nitrogens with one attached hydrogen (secondary N) is 3. The Kier molecular flexibility index (Phi) is 6.05. The maximum absolute atomic E-state index is 12.0. The number of ether oxygens (including phenoxy) is 2. The third kappa shape index (κ3) is 4.58. The van der Waals surface area contributed by atoms with Crippen molar-refractivity contribution in [3.8, 4) is 11.5 Å². The van der Waals surface area contributed by atoms with Crippen LogP contribution in [0.25, 0.3) is 0 Å². The first-order valence-electron chi connectivity index (χ1n) is 6.06. The van der Waals surface area contributed by atoms with Crippen LogP contribution < -0.4 is 25.6 Å². The molecule has 0 saturated carbocycles. The van der Waals surface area contributed by atoms with Gasteiger partial charge in [-0.2, -0.15) is 0 Å². The first-order valence-corrected chi connectivity index (χ1v) is 6.47. The number of thiocarbonyl (C=S) groups is 1. The van der Waals surface area contributed by atoms with Crippen molar-refractivity contribution in [1.82, 2.24) is 16.2 Å². The Balaban J connectivity index is 2.70. The lowest BCUT2D eigenvalue weighted by molar-refractivity contribution is 0.0940. The van der Waals surface area contributed by atoms with Gasteiger partial charge in [0.1, 0.15) is 11.5 Å². The van der Waals surface area contributed by atoms with Crippen LogP contribution in [0.3, 0.4) is 0 Å². The second-order valence-electron chi connectivity index (χ2n) is 4.27. The van der Waals surface area contributed by atoms with Crippen LogP contribution >= 0.6 is 12.2 Å². The minimum absolute atomic E-state index is 0.183. The SMILES string of the molecule is COc1ccc(C(=O)NNC(=S)NC(C)C)c(OC)c1. The monoisotopic (exact) mass is 297 g/mol. The summed E-state index contributed by atoms with van der Waals surface area (Å²) >= 11 is 5.01. The molecule has 0 aliphatic carbocycles. The summed E-state index contributed by atoms with van der Waals surface area (Å²) in [6.07, 6.45) is 0. The molecule has 0 aliphatic rings. The van der Waals surface area contributed by atoms with Crippen molar-refractivity contribution in [2.24, 2.45) is 0 Å². The van der Waals surface area contributed by atoms with E-state index in [4.69, 9.17) is 21.7 Å². The van der Waals surface area contributed by atoms with E-state index in [-0.39, 0.29) is 11.9 Å². The maximum Gasteiger partial charge on any atom is 0.273 e. The Morgan fingerprint density at radius 3 is 2.45 bits per heavy atom. The van der Waals surface area contributed by atoms with Crippen LogP contribution in [0.1, 0.15) is 24.2 Å². The molecule has 1 aromatic carbocycles. The van der Waals surface area contributed by atoms with Crippen molar-refractivity contribution in [3.63, 3.8) is 0 Å². The summed E-state index contributed by atoms with van der Waals surface area (Å²) in [5, 5.41) is 3.30. The van der Waals surface area contributed by atoms with Gasteiger partial charge in [-0.05, 0) is 38.2 Å². The van der Waals surface area contributed by atoms with E-state index in [1.807, 2.05) is 13.8 Å². The van der Waals surface area contributed by atoms with Gasteiger partial charge in [-0.15, -0.1) is 0 Å². The fourth-order valence-corrected chi connectivity index (χ4v) is 1.75. The number of amides is 1. The van der Waals surface area contributed by atoms with E-state index in [0.717, 1.165) is 0 Å². The molecule has 0 fully saturated rings. The van der Waals surface area contributed by atoms with Crippen molar-refractivity contribution in [3.05, 3.63) is 23.8 Å². The molecule has 0 spiro atoms. The molecule has 6 nitrogen and oxygen atoms in total. The first-order chi connectivity index (χ1) is 9.47. The van der Waals surface area contributed by atoms with Crippen molar-refractivity contribution >= 4 is 23.2 Å². The molecule has 7 heteroatoms. The average molecular weight is 297 g/mol. The van der Waals surface area contributed by atoms with Gasteiger partial charge in [-0.1, -0.05) is 0 Å². The van der Waals surface area contributed by atoms with E-state index in [0.29, 0.717) is 22.2 Å². The molecule has 0 aromatic heterocycles. The molecule has 0 unspecified atom stereocenters. The molecule has 1 rings (SSSR count). The van der Waals surface area contributed by atoms with E-state index in [1.54, 1.807) is 25.3 Å². The summed E-state index contributed by atoms with van der Waals surface area (Å²) in [7, 11) is 3.04. The van der Waals surface area contributed by atoms with Crippen molar-refractivity contribution in [1.29, 1.82) is 0 Å². The second-order valence-corrected chi connectivity index (χ2v) is 4.68. The molecular formula is C13H19N3O3S. The number of hydrogen-bond donors (Lipinski definition) is 3. The van der Waals surface area contributed by atoms with E-state index in [9.17, 15) is 4.79 Å². The number of rotatable bonds is 4. The number of benzene rings is 1. The van der Waals surface area contributed by atoms with Gasteiger partial charge in [0.25, 0.3) is 5.91 Å². The Labute approximate surface area is 123 Å². The molecule has 20 heavy (non-hydrogen) atoms. The van der Waals surface area contributed by atoms with Crippen molar-refractivity contribution in [2.75, 3.05) is 14.2 Å². The molecule has 1 amide bonds. The zero-order valence-electron chi connectivity index (χ0n) is 11.9. The van der Waals surface area contributed by atoms with E-state index in [1.165, 1.54) is 7.11 Å². The Morgan fingerprint density at radius 2 is 1.90 bits per heavy atom. The molecule has 0 heterocycles. The van der Waals surface area contributed by atoms with Crippen LogP contribution in [0.4, 0.5) is 0 Å². The fraction of sp³-hybridized carbons (Fsp3) is 0.385. The maximum atomic E-state index is 12.0. The molecular weight excluding hydrogens is 278 g/mol. The van der Waals surface area contributed by atoms with Gasteiger partial charge in [0.05, 0.1) is 19.8 Å². The number of hydrogen-bond acceptors (Lipinski definition) is 4. The first kappa shape index (κ1) is 16.0. The van der Waals surface area contributed by atoms with Crippen molar-refractivity contribution < 1.29 is 14.3 Å². The predicted molar refractivity (Wildman–Crippen MR) is 81.0 cm³/mol. The van der Waals surface area contributed by atoms with Gasteiger partial charge >= 0.3 is 0 Å².